The second-order valence-corrected chi connectivity index (χ2v) is 4.80. The third kappa shape index (κ3) is 4.37. The van der Waals surface area contributed by atoms with Gasteiger partial charge in [0, 0.05) is 11.6 Å². The zero-order chi connectivity index (χ0) is 15.1. The Morgan fingerprint density at radius 3 is 2.80 bits per heavy atom. The minimum atomic E-state index is -0.351. The summed E-state index contributed by atoms with van der Waals surface area (Å²) in [6.07, 6.45) is 0. The Labute approximate surface area is 124 Å². The Morgan fingerprint density at radius 1 is 1.55 bits per heavy atom. The molecule has 0 aliphatic carbocycles. The lowest BCUT2D eigenvalue weighted by atomic mass is 10.2. The summed E-state index contributed by atoms with van der Waals surface area (Å²) in [5, 5.41) is 12.3. The van der Waals surface area contributed by atoms with Crippen molar-refractivity contribution in [1.29, 1.82) is 0 Å². The first-order valence-corrected chi connectivity index (χ1v) is 6.90. The van der Waals surface area contributed by atoms with E-state index in [-0.39, 0.29) is 18.6 Å². The molecule has 6 heteroatoms. The lowest BCUT2D eigenvalue weighted by molar-refractivity contribution is -0.120. The maximum atomic E-state index is 12.2. The Hall–Kier alpha value is -1.30. The summed E-state index contributed by atoms with van der Waals surface area (Å²) in [5.41, 5.74) is 0.539. The molecule has 0 bridgehead atoms. The molecule has 2 N–H and O–H groups in total. The number of anilines is 1. The topological polar surface area (TPSA) is 61.8 Å². The van der Waals surface area contributed by atoms with E-state index in [1.54, 1.807) is 25.1 Å². The van der Waals surface area contributed by atoms with Crippen LogP contribution in [-0.4, -0.2) is 48.8 Å². The van der Waals surface area contributed by atoms with Gasteiger partial charge in [-0.25, -0.2) is 0 Å². The zero-order valence-corrected chi connectivity index (χ0v) is 12.8. The number of benzene rings is 1. The van der Waals surface area contributed by atoms with Crippen molar-refractivity contribution in [3.8, 4) is 5.75 Å². The van der Waals surface area contributed by atoms with Gasteiger partial charge < -0.3 is 15.2 Å². The summed E-state index contributed by atoms with van der Waals surface area (Å²) < 4.78 is 5.19. The second-order valence-electron chi connectivity index (χ2n) is 4.36. The number of halogens is 1. The predicted molar refractivity (Wildman–Crippen MR) is 80.4 cm³/mol. The first-order chi connectivity index (χ1) is 9.53. The van der Waals surface area contributed by atoms with E-state index >= 15 is 0 Å². The molecule has 0 fully saturated rings. The molecule has 5 nitrogen and oxygen atoms in total. The van der Waals surface area contributed by atoms with Gasteiger partial charge in [-0.05, 0) is 31.7 Å². The first-order valence-electron chi connectivity index (χ1n) is 6.52. The van der Waals surface area contributed by atoms with Crippen LogP contribution in [0.3, 0.4) is 0 Å². The van der Waals surface area contributed by atoms with Crippen LogP contribution in [0.5, 0.6) is 5.75 Å². The molecule has 0 aliphatic rings. The molecule has 112 valence electrons. The van der Waals surface area contributed by atoms with Crippen molar-refractivity contribution < 1.29 is 14.6 Å². The molecular formula is C14H21ClN2O3. The van der Waals surface area contributed by atoms with Crippen LogP contribution in [0.2, 0.25) is 5.02 Å². The molecule has 0 radical (unpaired) electrons. The maximum Gasteiger partial charge on any atom is 0.241 e. The molecule has 1 unspecified atom stereocenters. The standard InChI is InChI=1S/C14H21ClN2O3/c1-4-17(7-8-18)10(2)14(19)16-12-9-11(15)5-6-13(12)20-3/h5-6,9-10,18H,4,7-8H2,1-3H3,(H,16,19). The Morgan fingerprint density at radius 2 is 2.25 bits per heavy atom. The average molecular weight is 301 g/mol. The van der Waals surface area contributed by atoms with Gasteiger partial charge in [0.2, 0.25) is 5.91 Å². The summed E-state index contributed by atoms with van der Waals surface area (Å²) in [6, 6.07) is 4.70. The van der Waals surface area contributed by atoms with Crippen molar-refractivity contribution in [2.24, 2.45) is 0 Å². The van der Waals surface area contributed by atoms with Crippen molar-refractivity contribution in [2.75, 3.05) is 32.1 Å². The number of nitrogens with one attached hydrogen (secondary N) is 1. The number of aliphatic hydroxyl groups is 1. The third-order valence-electron chi connectivity index (χ3n) is 3.14. The number of amides is 1. The van der Waals surface area contributed by atoms with Gasteiger partial charge >= 0.3 is 0 Å². The number of hydrogen-bond acceptors (Lipinski definition) is 4. The van der Waals surface area contributed by atoms with Gasteiger partial charge in [0.05, 0.1) is 25.4 Å². The molecule has 1 atom stereocenters. The monoisotopic (exact) mass is 300 g/mol. The number of rotatable bonds is 7. The third-order valence-corrected chi connectivity index (χ3v) is 3.38. The van der Waals surface area contributed by atoms with E-state index in [1.165, 1.54) is 7.11 Å². The van der Waals surface area contributed by atoms with Crippen LogP contribution >= 0.6 is 11.6 Å². The molecule has 20 heavy (non-hydrogen) atoms. The first kappa shape index (κ1) is 16.8. The quantitative estimate of drug-likeness (QED) is 0.808. The molecule has 0 spiro atoms. The highest BCUT2D eigenvalue weighted by Gasteiger charge is 2.20. The largest absolute Gasteiger partial charge is 0.495 e. The number of aliphatic hydroxyl groups excluding tert-OH is 1. The van der Waals surface area contributed by atoms with E-state index in [4.69, 9.17) is 21.4 Å². The lowest BCUT2D eigenvalue weighted by Crippen LogP contribution is -2.43. The smallest absolute Gasteiger partial charge is 0.241 e. The fourth-order valence-corrected chi connectivity index (χ4v) is 2.11. The van der Waals surface area contributed by atoms with Crippen LogP contribution < -0.4 is 10.1 Å². The molecule has 1 rings (SSSR count). The highest BCUT2D eigenvalue weighted by atomic mass is 35.5. The van der Waals surface area contributed by atoms with Crippen molar-refractivity contribution in [2.45, 2.75) is 19.9 Å². The maximum absolute atomic E-state index is 12.2. The molecule has 0 saturated heterocycles. The number of likely N-dealkylation sites (N-methyl/N-ethyl adjacent to an activating group) is 1. The van der Waals surface area contributed by atoms with Crippen LogP contribution in [0.1, 0.15) is 13.8 Å². The van der Waals surface area contributed by atoms with E-state index in [0.29, 0.717) is 29.5 Å². The molecule has 0 saturated carbocycles. The van der Waals surface area contributed by atoms with E-state index in [2.05, 4.69) is 5.32 Å². The lowest BCUT2D eigenvalue weighted by Gasteiger charge is -2.26. The predicted octanol–water partition coefficient (Wildman–Crippen LogP) is 1.99. The van der Waals surface area contributed by atoms with E-state index < -0.39 is 0 Å². The Bertz CT molecular complexity index is 454. The van der Waals surface area contributed by atoms with Crippen molar-refractivity contribution >= 4 is 23.2 Å². The summed E-state index contributed by atoms with van der Waals surface area (Å²) in [7, 11) is 1.53. The van der Waals surface area contributed by atoms with Crippen LogP contribution in [0.15, 0.2) is 18.2 Å². The highest BCUT2D eigenvalue weighted by Crippen LogP contribution is 2.27. The van der Waals surface area contributed by atoms with Crippen LogP contribution in [0.4, 0.5) is 5.69 Å². The second kappa shape index (κ2) is 8.09. The molecule has 0 heterocycles. The van der Waals surface area contributed by atoms with Crippen LogP contribution in [0, 0.1) is 0 Å². The summed E-state index contributed by atoms with van der Waals surface area (Å²) in [4.78, 5) is 14.1. The number of methoxy groups -OCH3 is 1. The average Bonchev–Trinajstić information content (AvgIpc) is 2.44. The molecule has 0 aromatic heterocycles. The van der Waals surface area contributed by atoms with Crippen molar-refractivity contribution in [3.63, 3.8) is 0 Å². The molecule has 1 aromatic rings. The minimum absolute atomic E-state index is 0.0198. The number of carbonyl (C=O) groups is 1. The number of hydrogen-bond donors (Lipinski definition) is 2. The number of carbonyl (C=O) groups excluding carboxylic acids is 1. The normalized spacial score (nSPS) is 12.3. The van der Waals surface area contributed by atoms with Gasteiger partial charge in [0.1, 0.15) is 5.75 Å². The van der Waals surface area contributed by atoms with E-state index in [0.717, 1.165) is 0 Å². The Kier molecular flexibility index (Phi) is 6.78. The highest BCUT2D eigenvalue weighted by molar-refractivity contribution is 6.31. The Balaban J connectivity index is 2.81. The molecular weight excluding hydrogens is 280 g/mol. The SMILES string of the molecule is CCN(CCO)C(C)C(=O)Nc1cc(Cl)ccc1OC. The number of nitrogens with zero attached hydrogens (tertiary/aromatic N) is 1. The van der Waals surface area contributed by atoms with Gasteiger partial charge in [-0.3, -0.25) is 9.69 Å². The zero-order valence-electron chi connectivity index (χ0n) is 12.0. The van der Waals surface area contributed by atoms with Gasteiger partial charge in [-0.1, -0.05) is 18.5 Å². The van der Waals surface area contributed by atoms with Crippen LogP contribution in [0.25, 0.3) is 0 Å². The summed E-state index contributed by atoms with van der Waals surface area (Å²) >= 11 is 5.93. The summed E-state index contributed by atoms with van der Waals surface area (Å²) in [6.45, 7) is 4.90. The minimum Gasteiger partial charge on any atom is -0.495 e. The molecule has 0 aliphatic heterocycles. The van der Waals surface area contributed by atoms with Gasteiger partial charge in [0.25, 0.3) is 0 Å². The van der Waals surface area contributed by atoms with E-state index in [9.17, 15) is 4.79 Å². The van der Waals surface area contributed by atoms with Crippen LogP contribution in [-0.2, 0) is 4.79 Å². The van der Waals surface area contributed by atoms with E-state index in [1.807, 2.05) is 11.8 Å². The fourth-order valence-electron chi connectivity index (χ4n) is 1.93. The molecule has 1 amide bonds. The fraction of sp³-hybridized carbons (Fsp3) is 0.500. The number of ether oxygens (including phenoxy) is 1. The molecule has 1 aromatic carbocycles. The van der Waals surface area contributed by atoms with Gasteiger partial charge in [0.15, 0.2) is 0 Å². The van der Waals surface area contributed by atoms with Crippen molar-refractivity contribution in [1.82, 2.24) is 4.90 Å². The van der Waals surface area contributed by atoms with Gasteiger partial charge in [-0.2, -0.15) is 0 Å². The summed E-state index contributed by atoms with van der Waals surface area (Å²) in [5.74, 6) is 0.390. The van der Waals surface area contributed by atoms with Gasteiger partial charge in [-0.15, -0.1) is 0 Å². The van der Waals surface area contributed by atoms with Crippen molar-refractivity contribution in [3.05, 3.63) is 23.2 Å².